The van der Waals surface area contributed by atoms with Crippen LogP contribution >= 0.6 is 0 Å². The molecule has 0 unspecified atom stereocenters. The van der Waals surface area contributed by atoms with Crippen LogP contribution in [0.1, 0.15) is 61.8 Å². The van der Waals surface area contributed by atoms with Crippen molar-refractivity contribution < 1.29 is 4.42 Å². The number of aryl methyl sites for hydroxylation is 1. The minimum absolute atomic E-state index is 0.381. The molecule has 24 heavy (non-hydrogen) atoms. The maximum Gasteiger partial charge on any atom is 0.352 e. The molecule has 0 aliphatic rings. The highest BCUT2D eigenvalue weighted by Gasteiger charge is 2.15. The number of benzene rings is 2. The molecule has 0 amide bonds. The van der Waals surface area contributed by atoms with Crippen LogP contribution in [0.15, 0.2) is 41.4 Å². The summed E-state index contributed by atoms with van der Waals surface area (Å²) in [5.41, 5.74) is 11.7. The fourth-order valence-corrected chi connectivity index (χ4v) is 2.81. The van der Waals surface area contributed by atoms with Crippen molar-refractivity contribution in [1.82, 2.24) is 0 Å². The lowest BCUT2D eigenvalue weighted by Gasteiger charge is -2.17. The Morgan fingerprint density at radius 3 is 2.12 bits per heavy atom. The minimum atomic E-state index is 0.381. The molecule has 0 saturated carbocycles. The van der Waals surface area contributed by atoms with Crippen LogP contribution in [0.3, 0.4) is 0 Å². The average Bonchev–Trinajstić information content (AvgIpc) is 2.53. The van der Waals surface area contributed by atoms with Gasteiger partial charge in [0.05, 0.1) is 11.8 Å². The Bertz CT molecular complexity index is 747. The summed E-state index contributed by atoms with van der Waals surface area (Å²) < 4.78 is 5.10. The fraction of sp³-hybridized carbons (Fsp3) is 0.333. The molecular weight excluding hydrogens is 296 g/mol. The van der Waals surface area contributed by atoms with Crippen molar-refractivity contribution in [2.75, 3.05) is 0 Å². The predicted molar refractivity (Wildman–Crippen MR) is 103 cm³/mol. The lowest BCUT2D eigenvalue weighted by atomic mass is 9.93. The van der Waals surface area contributed by atoms with Crippen LogP contribution < -0.4 is 5.73 Å². The Hall–Kier alpha value is -2.42. The van der Waals surface area contributed by atoms with Crippen LogP contribution in [0.2, 0.25) is 0 Å². The molecule has 0 saturated heterocycles. The van der Waals surface area contributed by atoms with E-state index in [1.165, 1.54) is 11.1 Å². The first kappa shape index (κ1) is 17.9. The second-order valence-electron chi connectivity index (χ2n) is 6.77. The summed E-state index contributed by atoms with van der Waals surface area (Å²) in [5.74, 6) is 1.94. The molecule has 0 fully saturated rings. The van der Waals surface area contributed by atoms with E-state index >= 15 is 0 Å². The molecule has 0 bridgehead atoms. The Balaban J connectivity index is 2.61. The Morgan fingerprint density at radius 1 is 1.04 bits per heavy atom. The van der Waals surface area contributed by atoms with E-state index in [1.54, 1.807) is 0 Å². The van der Waals surface area contributed by atoms with Gasteiger partial charge in [0.25, 0.3) is 6.79 Å². The Morgan fingerprint density at radius 2 is 1.62 bits per heavy atom. The minimum Gasteiger partial charge on any atom is -0.383 e. The summed E-state index contributed by atoms with van der Waals surface area (Å²) >= 11 is 0. The lowest BCUT2D eigenvalue weighted by molar-refractivity contribution is -0.354. The molecule has 2 N–H and O–H groups in total. The fourth-order valence-electron chi connectivity index (χ4n) is 2.81. The van der Waals surface area contributed by atoms with Crippen LogP contribution in [0.25, 0.3) is 0 Å². The van der Waals surface area contributed by atoms with Crippen molar-refractivity contribution in [3.63, 3.8) is 0 Å². The number of amidine groups is 1. The van der Waals surface area contributed by atoms with E-state index in [-0.39, 0.29) is 0 Å². The topological polar surface area (TPSA) is 49.7 Å². The number of para-hydroxylation sites is 1. The molecular formula is C21H27N2O+. The molecule has 0 aliphatic heterocycles. The molecule has 126 valence electrons. The zero-order chi connectivity index (χ0) is 17.9. The van der Waals surface area contributed by atoms with Crippen molar-refractivity contribution in [3.8, 4) is 5.75 Å². The SMILES string of the molecule is C=[O+]c1cc(C)cc(C(N)=Nc2c(C(C)C)cccc2C(C)C)c1. The van der Waals surface area contributed by atoms with Gasteiger partial charge in [0, 0.05) is 11.6 Å². The molecule has 0 spiro atoms. The van der Waals surface area contributed by atoms with Gasteiger partial charge in [0.2, 0.25) is 0 Å². The number of nitrogens with zero attached hydrogens (tertiary/aromatic N) is 1. The lowest BCUT2D eigenvalue weighted by Crippen LogP contribution is -2.13. The highest BCUT2D eigenvalue weighted by molar-refractivity contribution is 6.00. The Kier molecular flexibility index (Phi) is 5.55. The van der Waals surface area contributed by atoms with E-state index < -0.39 is 0 Å². The largest absolute Gasteiger partial charge is 0.383 e. The van der Waals surface area contributed by atoms with E-state index in [1.807, 2.05) is 25.1 Å². The van der Waals surface area contributed by atoms with Gasteiger partial charge >= 0.3 is 5.75 Å². The van der Waals surface area contributed by atoms with Crippen LogP contribution in [-0.2, 0) is 4.42 Å². The first-order valence-electron chi connectivity index (χ1n) is 8.34. The van der Waals surface area contributed by atoms with Crippen molar-refractivity contribution in [1.29, 1.82) is 0 Å². The van der Waals surface area contributed by atoms with E-state index in [4.69, 9.17) is 15.2 Å². The number of rotatable bonds is 5. The molecule has 2 aromatic rings. The van der Waals surface area contributed by atoms with Crippen molar-refractivity contribution >= 4 is 18.3 Å². The summed E-state index contributed by atoms with van der Waals surface area (Å²) in [6.07, 6.45) is 0. The molecule has 0 heterocycles. The molecule has 2 aromatic carbocycles. The van der Waals surface area contributed by atoms with Crippen LogP contribution in [0.5, 0.6) is 5.75 Å². The summed E-state index contributed by atoms with van der Waals surface area (Å²) in [4.78, 5) is 4.81. The van der Waals surface area contributed by atoms with Gasteiger partial charge in [0.15, 0.2) is 0 Å². The average molecular weight is 323 g/mol. The molecule has 0 aliphatic carbocycles. The smallest absolute Gasteiger partial charge is 0.352 e. The molecule has 2 rings (SSSR count). The van der Waals surface area contributed by atoms with Gasteiger partial charge in [-0.05, 0) is 41.5 Å². The molecule has 3 nitrogen and oxygen atoms in total. The third kappa shape index (κ3) is 3.91. The third-order valence-corrected chi connectivity index (χ3v) is 4.09. The van der Waals surface area contributed by atoms with Gasteiger partial charge in [-0.25, -0.2) is 9.42 Å². The highest BCUT2D eigenvalue weighted by atomic mass is 16.4. The maximum absolute atomic E-state index is 6.33. The molecule has 0 atom stereocenters. The molecule has 0 aromatic heterocycles. The normalized spacial score (nSPS) is 12.0. The van der Waals surface area contributed by atoms with Crippen molar-refractivity contribution in [2.24, 2.45) is 10.7 Å². The zero-order valence-corrected chi connectivity index (χ0v) is 15.3. The van der Waals surface area contributed by atoms with Gasteiger partial charge in [-0.3, -0.25) is 0 Å². The van der Waals surface area contributed by atoms with Gasteiger partial charge in [-0.2, -0.15) is 0 Å². The zero-order valence-electron chi connectivity index (χ0n) is 15.3. The summed E-state index contributed by atoms with van der Waals surface area (Å²) in [6, 6.07) is 12.2. The first-order valence-corrected chi connectivity index (χ1v) is 8.34. The van der Waals surface area contributed by atoms with Crippen LogP contribution in [0, 0.1) is 6.92 Å². The number of carbonyl (C=O) groups excluding carboxylic acids is 1. The Labute approximate surface area is 144 Å². The quantitative estimate of drug-likeness (QED) is 0.449. The second kappa shape index (κ2) is 7.43. The van der Waals surface area contributed by atoms with Crippen molar-refractivity contribution in [2.45, 2.75) is 46.5 Å². The number of hydrogen-bond donors (Lipinski definition) is 1. The molecule has 3 heteroatoms. The predicted octanol–water partition coefficient (Wildman–Crippen LogP) is 5.36. The highest BCUT2D eigenvalue weighted by Crippen LogP contribution is 2.35. The van der Waals surface area contributed by atoms with Crippen molar-refractivity contribution in [3.05, 3.63) is 58.7 Å². The third-order valence-electron chi connectivity index (χ3n) is 4.09. The standard InChI is InChI=1S/C21H27N2O/c1-13(2)18-8-7-9-19(14(3)4)20(18)23-21(22)16-10-15(5)11-17(12-16)24-6/h7-14H,6H2,1-5H3,(H2,22,23)/q+1. The van der Waals surface area contributed by atoms with Gasteiger partial charge < -0.3 is 5.73 Å². The number of aliphatic imine (C=N–C) groups is 1. The van der Waals surface area contributed by atoms with Gasteiger partial charge in [-0.1, -0.05) is 45.9 Å². The van der Waals surface area contributed by atoms with Gasteiger partial charge in [-0.15, -0.1) is 0 Å². The molecule has 0 radical (unpaired) electrons. The van der Waals surface area contributed by atoms with E-state index in [0.29, 0.717) is 23.4 Å². The van der Waals surface area contributed by atoms with E-state index in [9.17, 15) is 0 Å². The second-order valence-corrected chi connectivity index (χ2v) is 6.77. The van der Waals surface area contributed by atoms with E-state index in [0.717, 1.165) is 16.8 Å². The number of hydrogen-bond acceptors (Lipinski definition) is 1. The van der Waals surface area contributed by atoms with Crippen LogP contribution in [0.4, 0.5) is 5.69 Å². The first-order chi connectivity index (χ1) is 11.3. The monoisotopic (exact) mass is 323 g/mol. The summed E-state index contributed by atoms with van der Waals surface area (Å²) in [7, 11) is 0. The summed E-state index contributed by atoms with van der Waals surface area (Å²) in [5, 5.41) is 0. The van der Waals surface area contributed by atoms with Crippen LogP contribution in [-0.4, -0.2) is 12.6 Å². The maximum atomic E-state index is 6.33. The van der Waals surface area contributed by atoms with E-state index in [2.05, 4.69) is 52.7 Å². The summed E-state index contributed by atoms with van der Waals surface area (Å²) in [6.45, 7) is 14.2. The number of nitrogens with two attached hydrogens (primary N) is 1. The van der Waals surface area contributed by atoms with Gasteiger partial charge in [0.1, 0.15) is 5.84 Å².